The van der Waals surface area contributed by atoms with Crippen molar-refractivity contribution in [3.63, 3.8) is 0 Å². The van der Waals surface area contributed by atoms with Gasteiger partial charge in [0.05, 0.1) is 5.69 Å². The van der Waals surface area contributed by atoms with Gasteiger partial charge in [0.15, 0.2) is 0 Å². The Kier molecular flexibility index (Phi) is 6.72. The maximum absolute atomic E-state index is 12.4. The van der Waals surface area contributed by atoms with Crippen LogP contribution in [-0.4, -0.2) is 5.91 Å². The van der Waals surface area contributed by atoms with Gasteiger partial charge < -0.3 is 5.32 Å². The minimum Gasteiger partial charge on any atom is -0.325 e. The zero-order valence-corrected chi connectivity index (χ0v) is 16.6. The minimum absolute atomic E-state index is 0.0454. The zero-order chi connectivity index (χ0) is 19.1. The highest BCUT2D eigenvalue weighted by Crippen LogP contribution is 2.33. The first-order valence-corrected chi connectivity index (χ1v) is 10.1. The summed E-state index contributed by atoms with van der Waals surface area (Å²) in [6.07, 6.45) is 1.23. The number of amides is 1. The highest BCUT2D eigenvalue weighted by atomic mass is 32.2. The number of hydrogen-bond donors (Lipinski definition) is 1. The predicted molar refractivity (Wildman–Crippen MR) is 114 cm³/mol. The molecule has 0 saturated heterocycles. The third kappa shape index (κ3) is 5.73. The van der Waals surface area contributed by atoms with Gasteiger partial charge in [-0.3, -0.25) is 4.79 Å². The third-order valence-corrected chi connectivity index (χ3v) is 5.50. The van der Waals surface area contributed by atoms with Gasteiger partial charge in [0.2, 0.25) is 5.91 Å². The molecule has 0 saturated carbocycles. The fourth-order valence-corrected chi connectivity index (χ4v) is 3.74. The van der Waals surface area contributed by atoms with Gasteiger partial charge in [-0.15, -0.1) is 0 Å². The van der Waals surface area contributed by atoms with Crippen molar-refractivity contribution in [3.8, 4) is 0 Å². The average molecular weight is 376 g/mol. The smallest absolute Gasteiger partial charge is 0.224 e. The molecule has 0 bridgehead atoms. The summed E-state index contributed by atoms with van der Waals surface area (Å²) in [5.74, 6) is 0.574. The van der Waals surface area contributed by atoms with Crippen LogP contribution in [0, 0.1) is 0 Å². The number of hydrogen-bond acceptors (Lipinski definition) is 2. The fraction of sp³-hybridized carbons (Fsp3) is 0.208. The largest absolute Gasteiger partial charge is 0.325 e. The summed E-state index contributed by atoms with van der Waals surface area (Å²) in [5.41, 5.74) is 3.39. The van der Waals surface area contributed by atoms with Crippen LogP contribution in [0.5, 0.6) is 0 Å². The number of carbonyl (C=O) groups is 1. The zero-order valence-electron chi connectivity index (χ0n) is 15.8. The first-order valence-electron chi connectivity index (χ1n) is 9.32. The van der Waals surface area contributed by atoms with E-state index in [4.69, 9.17) is 0 Å². The van der Waals surface area contributed by atoms with E-state index in [-0.39, 0.29) is 5.91 Å². The van der Waals surface area contributed by atoms with Gasteiger partial charge in [0.1, 0.15) is 0 Å². The minimum atomic E-state index is 0.0454. The van der Waals surface area contributed by atoms with Crippen LogP contribution >= 0.6 is 11.8 Å². The molecule has 0 atom stereocenters. The van der Waals surface area contributed by atoms with Crippen LogP contribution in [0.1, 0.15) is 37.3 Å². The van der Waals surface area contributed by atoms with E-state index in [1.165, 1.54) is 11.1 Å². The van der Waals surface area contributed by atoms with Crippen LogP contribution in [0.25, 0.3) is 0 Å². The standard InChI is InChI=1S/C24H25NOS/c1-18(2)20-15-12-19(13-16-20)14-17-24(26)25-22-10-6-7-11-23(22)27-21-8-4-3-5-9-21/h3-13,15-16,18H,14,17H2,1-2H3,(H,25,26). The van der Waals surface area contributed by atoms with Gasteiger partial charge in [-0.25, -0.2) is 0 Å². The van der Waals surface area contributed by atoms with Crippen LogP contribution in [0.3, 0.4) is 0 Å². The summed E-state index contributed by atoms with van der Waals surface area (Å²) in [4.78, 5) is 14.7. The van der Waals surface area contributed by atoms with Crippen LogP contribution in [-0.2, 0) is 11.2 Å². The number of benzene rings is 3. The van der Waals surface area contributed by atoms with E-state index >= 15 is 0 Å². The first-order chi connectivity index (χ1) is 13.1. The molecule has 0 aliphatic carbocycles. The SMILES string of the molecule is CC(C)c1ccc(CCC(=O)Nc2ccccc2Sc2ccccc2)cc1. The molecule has 0 unspecified atom stereocenters. The number of nitrogens with one attached hydrogen (secondary N) is 1. The average Bonchev–Trinajstić information content (AvgIpc) is 2.69. The summed E-state index contributed by atoms with van der Waals surface area (Å²) in [6.45, 7) is 4.38. The Morgan fingerprint density at radius 3 is 2.26 bits per heavy atom. The Labute approximate surface area is 166 Å². The molecule has 27 heavy (non-hydrogen) atoms. The lowest BCUT2D eigenvalue weighted by Crippen LogP contribution is -2.13. The normalized spacial score (nSPS) is 10.8. The fourth-order valence-electron chi connectivity index (χ4n) is 2.81. The lowest BCUT2D eigenvalue weighted by molar-refractivity contribution is -0.116. The number of anilines is 1. The van der Waals surface area contributed by atoms with E-state index in [1.54, 1.807) is 11.8 Å². The molecule has 0 aliphatic heterocycles. The van der Waals surface area contributed by atoms with Crippen molar-refractivity contribution in [3.05, 3.63) is 90.0 Å². The maximum Gasteiger partial charge on any atom is 0.224 e. The first kappa shape index (κ1) is 19.2. The van der Waals surface area contributed by atoms with Crippen LogP contribution in [0.15, 0.2) is 88.7 Å². The summed E-state index contributed by atoms with van der Waals surface area (Å²) in [7, 11) is 0. The molecule has 3 aromatic rings. The number of aryl methyl sites for hydroxylation is 1. The topological polar surface area (TPSA) is 29.1 Å². The summed E-state index contributed by atoms with van der Waals surface area (Å²) >= 11 is 1.66. The van der Waals surface area contributed by atoms with Crippen LogP contribution in [0.2, 0.25) is 0 Å². The second-order valence-corrected chi connectivity index (χ2v) is 7.97. The Balaban J connectivity index is 1.59. The van der Waals surface area contributed by atoms with Gasteiger partial charge >= 0.3 is 0 Å². The molecule has 0 aliphatic rings. The van der Waals surface area contributed by atoms with Gasteiger partial charge in [-0.2, -0.15) is 0 Å². The van der Waals surface area contributed by atoms with Crippen molar-refractivity contribution in [2.45, 2.75) is 42.4 Å². The van der Waals surface area contributed by atoms with E-state index in [0.717, 1.165) is 21.9 Å². The summed E-state index contributed by atoms with van der Waals surface area (Å²) in [6, 6.07) is 26.7. The van der Waals surface area contributed by atoms with Crippen molar-refractivity contribution in [2.75, 3.05) is 5.32 Å². The van der Waals surface area contributed by atoms with Crippen molar-refractivity contribution < 1.29 is 4.79 Å². The molecule has 1 N–H and O–H groups in total. The monoisotopic (exact) mass is 375 g/mol. The van der Waals surface area contributed by atoms with Gasteiger partial charge in [0, 0.05) is 16.2 Å². The van der Waals surface area contributed by atoms with Crippen LogP contribution in [0.4, 0.5) is 5.69 Å². The molecule has 138 valence electrons. The van der Waals surface area contributed by atoms with Crippen molar-refractivity contribution in [2.24, 2.45) is 0 Å². The molecule has 3 aromatic carbocycles. The molecular weight excluding hydrogens is 350 g/mol. The Morgan fingerprint density at radius 2 is 1.56 bits per heavy atom. The van der Waals surface area contributed by atoms with Crippen molar-refractivity contribution in [1.29, 1.82) is 0 Å². The molecule has 0 fully saturated rings. The quantitative estimate of drug-likeness (QED) is 0.508. The van der Waals surface area contributed by atoms with Gasteiger partial charge in [-0.05, 0) is 47.7 Å². The van der Waals surface area contributed by atoms with Crippen molar-refractivity contribution >= 4 is 23.4 Å². The lowest BCUT2D eigenvalue weighted by Gasteiger charge is -2.11. The van der Waals surface area contributed by atoms with E-state index in [9.17, 15) is 4.79 Å². The maximum atomic E-state index is 12.4. The van der Waals surface area contributed by atoms with Gasteiger partial charge in [-0.1, -0.05) is 80.2 Å². The Bertz CT molecular complexity index is 872. The number of carbonyl (C=O) groups excluding carboxylic acids is 1. The highest BCUT2D eigenvalue weighted by molar-refractivity contribution is 7.99. The Morgan fingerprint density at radius 1 is 0.889 bits per heavy atom. The van der Waals surface area contributed by atoms with Crippen LogP contribution < -0.4 is 5.32 Å². The second kappa shape index (κ2) is 9.43. The van der Waals surface area contributed by atoms with E-state index in [0.29, 0.717) is 12.3 Å². The van der Waals surface area contributed by atoms with E-state index < -0.39 is 0 Å². The molecule has 0 spiro atoms. The molecule has 1 amide bonds. The third-order valence-electron chi connectivity index (χ3n) is 4.42. The highest BCUT2D eigenvalue weighted by Gasteiger charge is 2.08. The number of para-hydroxylation sites is 1. The van der Waals surface area contributed by atoms with E-state index in [2.05, 4.69) is 55.6 Å². The molecule has 3 rings (SSSR count). The molecule has 0 heterocycles. The Hall–Kier alpha value is -2.52. The summed E-state index contributed by atoms with van der Waals surface area (Å²) < 4.78 is 0. The predicted octanol–water partition coefficient (Wildman–Crippen LogP) is 6.53. The van der Waals surface area contributed by atoms with E-state index in [1.807, 2.05) is 42.5 Å². The second-order valence-electron chi connectivity index (χ2n) is 6.86. The molecule has 0 aromatic heterocycles. The molecule has 2 nitrogen and oxygen atoms in total. The number of rotatable bonds is 7. The molecular formula is C24H25NOS. The van der Waals surface area contributed by atoms with Crippen molar-refractivity contribution in [1.82, 2.24) is 0 Å². The molecule has 3 heteroatoms. The summed E-state index contributed by atoms with van der Waals surface area (Å²) in [5, 5.41) is 3.07. The lowest BCUT2D eigenvalue weighted by atomic mass is 10.0. The molecule has 0 radical (unpaired) electrons. The van der Waals surface area contributed by atoms with Gasteiger partial charge in [0.25, 0.3) is 0 Å².